The Morgan fingerprint density at radius 2 is 2.36 bits per heavy atom. The van der Waals surface area contributed by atoms with Gasteiger partial charge in [-0.25, -0.2) is 0 Å². The molecule has 1 heterocycles. The van der Waals surface area contributed by atoms with Crippen LogP contribution in [0.5, 0.6) is 0 Å². The van der Waals surface area contributed by atoms with Gasteiger partial charge in [0.15, 0.2) is 0 Å². The number of nitrogens with zero attached hydrogens (tertiary/aromatic N) is 2. The number of rotatable bonds is 2. The summed E-state index contributed by atoms with van der Waals surface area (Å²) in [5.41, 5.74) is 0. The van der Waals surface area contributed by atoms with Crippen molar-refractivity contribution in [1.82, 2.24) is 9.80 Å². The van der Waals surface area contributed by atoms with Crippen molar-refractivity contribution >= 4 is 11.8 Å². The third-order valence-corrected chi connectivity index (χ3v) is 3.13. The number of thioether (sulfide) groups is 1. The van der Waals surface area contributed by atoms with Gasteiger partial charge in [0.2, 0.25) is 0 Å². The van der Waals surface area contributed by atoms with E-state index < -0.39 is 0 Å². The van der Waals surface area contributed by atoms with Crippen molar-refractivity contribution in [3.05, 3.63) is 11.6 Å². The van der Waals surface area contributed by atoms with Crippen molar-refractivity contribution in [3.8, 4) is 0 Å². The Bertz CT molecular complexity index is 156. The number of hydrogen-bond donors (Lipinski definition) is 0. The highest BCUT2D eigenvalue weighted by Crippen LogP contribution is 2.29. The van der Waals surface area contributed by atoms with Crippen molar-refractivity contribution in [3.63, 3.8) is 0 Å². The highest BCUT2D eigenvalue weighted by Gasteiger charge is 2.23. The zero-order valence-electron chi connectivity index (χ0n) is 7.50. The van der Waals surface area contributed by atoms with Gasteiger partial charge in [0.25, 0.3) is 0 Å². The predicted molar refractivity (Wildman–Crippen MR) is 51.7 cm³/mol. The van der Waals surface area contributed by atoms with E-state index in [0.29, 0.717) is 6.04 Å². The topological polar surface area (TPSA) is 6.48 Å². The van der Waals surface area contributed by atoms with Gasteiger partial charge in [-0.1, -0.05) is 6.58 Å². The minimum Gasteiger partial charge on any atom is -0.365 e. The maximum Gasteiger partial charge on any atom is 0.0635 e. The van der Waals surface area contributed by atoms with Gasteiger partial charge in [0.1, 0.15) is 0 Å². The first-order chi connectivity index (χ1) is 5.11. The molecule has 0 spiro atoms. The molecule has 1 unspecified atom stereocenters. The minimum absolute atomic E-state index is 0.655. The third-order valence-electron chi connectivity index (χ3n) is 1.96. The molecular formula is C8H16N2S. The molecule has 64 valence electrons. The van der Waals surface area contributed by atoms with E-state index in [0.717, 1.165) is 6.54 Å². The summed E-state index contributed by atoms with van der Waals surface area (Å²) < 4.78 is 0. The Labute approximate surface area is 73.2 Å². The van der Waals surface area contributed by atoms with Crippen molar-refractivity contribution < 1.29 is 0 Å². The molecule has 0 aromatic carbocycles. The van der Waals surface area contributed by atoms with Gasteiger partial charge in [-0.05, 0) is 14.1 Å². The Morgan fingerprint density at radius 1 is 1.73 bits per heavy atom. The van der Waals surface area contributed by atoms with Gasteiger partial charge in [-0.15, -0.1) is 11.8 Å². The fourth-order valence-electron chi connectivity index (χ4n) is 1.21. The Morgan fingerprint density at radius 3 is 2.73 bits per heavy atom. The molecular weight excluding hydrogens is 156 g/mol. The molecule has 0 radical (unpaired) electrons. The molecule has 0 bridgehead atoms. The Kier molecular flexibility index (Phi) is 2.84. The zero-order chi connectivity index (χ0) is 8.43. The first-order valence-corrected chi connectivity index (χ1v) is 4.79. The first kappa shape index (κ1) is 8.94. The van der Waals surface area contributed by atoms with Crippen LogP contribution in [-0.2, 0) is 0 Å². The van der Waals surface area contributed by atoms with Crippen LogP contribution in [0.3, 0.4) is 0 Å². The molecule has 2 nitrogen and oxygen atoms in total. The predicted octanol–water partition coefficient (Wildman–Crippen LogP) is 1.07. The van der Waals surface area contributed by atoms with Crippen LogP contribution in [0.15, 0.2) is 11.6 Å². The third kappa shape index (κ3) is 2.14. The maximum atomic E-state index is 3.96. The molecule has 1 rings (SSSR count). The fourth-order valence-corrected chi connectivity index (χ4v) is 2.27. The van der Waals surface area contributed by atoms with Gasteiger partial charge in [-0.3, -0.25) is 0 Å². The van der Waals surface area contributed by atoms with E-state index in [2.05, 4.69) is 37.5 Å². The lowest BCUT2D eigenvalue weighted by Gasteiger charge is -2.24. The quantitative estimate of drug-likeness (QED) is 0.615. The van der Waals surface area contributed by atoms with Crippen molar-refractivity contribution in [2.75, 3.05) is 33.4 Å². The van der Waals surface area contributed by atoms with E-state index in [-0.39, 0.29) is 0 Å². The molecule has 0 amide bonds. The van der Waals surface area contributed by atoms with E-state index in [1.165, 1.54) is 10.8 Å². The fraction of sp³-hybridized carbons (Fsp3) is 0.750. The van der Waals surface area contributed by atoms with Crippen LogP contribution >= 0.6 is 11.8 Å². The summed E-state index contributed by atoms with van der Waals surface area (Å²) in [7, 11) is 6.34. The lowest BCUT2D eigenvalue weighted by molar-refractivity contribution is 0.275. The van der Waals surface area contributed by atoms with Gasteiger partial charge < -0.3 is 9.80 Å². The van der Waals surface area contributed by atoms with E-state index in [4.69, 9.17) is 0 Å². The van der Waals surface area contributed by atoms with Crippen LogP contribution in [-0.4, -0.2) is 49.3 Å². The van der Waals surface area contributed by atoms with Crippen molar-refractivity contribution in [1.29, 1.82) is 0 Å². The molecule has 0 N–H and O–H groups in total. The van der Waals surface area contributed by atoms with Crippen LogP contribution in [0.4, 0.5) is 0 Å². The molecule has 0 aliphatic carbocycles. The summed E-state index contributed by atoms with van der Waals surface area (Å²) in [6.45, 7) is 5.09. The molecule has 0 aromatic rings. The van der Waals surface area contributed by atoms with Gasteiger partial charge in [0, 0.05) is 19.3 Å². The van der Waals surface area contributed by atoms with E-state index in [1.807, 2.05) is 11.8 Å². The SMILES string of the molecule is C=C1SCC(CN(C)C)N1C. The molecule has 0 aromatic heterocycles. The molecule has 1 atom stereocenters. The van der Waals surface area contributed by atoms with Gasteiger partial charge in [0.05, 0.1) is 11.1 Å². The summed E-state index contributed by atoms with van der Waals surface area (Å²) in [4.78, 5) is 4.49. The highest BCUT2D eigenvalue weighted by atomic mass is 32.2. The largest absolute Gasteiger partial charge is 0.365 e. The Hall–Kier alpha value is -0.150. The summed E-state index contributed by atoms with van der Waals surface area (Å²) in [5, 5.41) is 1.21. The van der Waals surface area contributed by atoms with Gasteiger partial charge >= 0.3 is 0 Å². The van der Waals surface area contributed by atoms with Crippen LogP contribution in [0, 0.1) is 0 Å². The van der Waals surface area contributed by atoms with Crippen molar-refractivity contribution in [2.24, 2.45) is 0 Å². The summed E-state index contributed by atoms with van der Waals surface area (Å²) in [5.74, 6) is 1.19. The highest BCUT2D eigenvalue weighted by molar-refractivity contribution is 8.03. The smallest absolute Gasteiger partial charge is 0.0635 e. The summed E-state index contributed by atoms with van der Waals surface area (Å²) in [6.07, 6.45) is 0. The standard InChI is InChI=1S/C8H16N2S/c1-7-10(4)8(6-11-7)5-9(2)3/h8H,1,5-6H2,2-4H3. The van der Waals surface area contributed by atoms with Crippen LogP contribution < -0.4 is 0 Å². The Balaban J connectivity index is 2.42. The zero-order valence-corrected chi connectivity index (χ0v) is 8.32. The lowest BCUT2D eigenvalue weighted by atomic mass is 10.3. The molecule has 0 saturated carbocycles. The van der Waals surface area contributed by atoms with E-state index in [1.54, 1.807) is 0 Å². The molecule has 1 fully saturated rings. The first-order valence-electron chi connectivity index (χ1n) is 3.80. The summed E-state index contributed by atoms with van der Waals surface area (Å²) in [6, 6.07) is 0.655. The summed E-state index contributed by atoms with van der Waals surface area (Å²) >= 11 is 1.86. The van der Waals surface area contributed by atoms with E-state index in [9.17, 15) is 0 Å². The molecule has 3 heteroatoms. The molecule has 1 saturated heterocycles. The maximum absolute atomic E-state index is 3.96. The second kappa shape index (κ2) is 3.50. The molecule has 1 aliphatic heterocycles. The van der Waals surface area contributed by atoms with Crippen LogP contribution in [0.25, 0.3) is 0 Å². The molecule has 11 heavy (non-hydrogen) atoms. The number of likely N-dealkylation sites (N-methyl/N-ethyl adjacent to an activating group) is 2. The molecule has 1 aliphatic rings. The van der Waals surface area contributed by atoms with Crippen molar-refractivity contribution in [2.45, 2.75) is 6.04 Å². The average molecular weight is 172 g/mol. The lowest BCUT2D eigenvalue weighted by Crippen LogP contribution is -2.35. The number of hydrogen-bond acceptors (Lipinski definition) is 3. The second-order valence-corrected chi connectivity index (χ2v) is 4.32. The average Bonchev–Trinajstić information content (AvgIpc) is 2.18. The second-order valence-electron chi connectivity index (χ2n) is 3.23. The van der Waals surface area contributed by atoms with Gasteiger partial charge in [-0.2, -0.15) is 0 Å². The van der Waals surface area contributed by atoms with Crippen LogP contribution in [0.1, 0.15) is 0 Å². The van der Waals surface area contributed by atoms with Crippen LogP contribution in [0.2, 0.25) is 0 Å². The van der Waals surface area contributed by atoms with E-state index >= 15 is 0 Å². The monoisotopic (exact) mass is 172 g/mol. The minimum atomic E-state index is 0.655. The normalized spacial score (nSPS) is 25.3.